The van der Waals surface area contributed by atoms with E-state index in [0.29, 0.717) is 11.8 Å². The van der Waals surface area contributed by atoms with Crippen molar-refractivity contribution in [3.8, 4) is 5.75 Å². The zero-order valence-corrected chi connectivity index (χ0v) is 16.1. The number of methoxy groups -OCH3 is 1. The van der Waals surface area contributed by atoms with E-state index in [2.05, 4.69) is 36.4 Å². The number of rotatable bonds is 6. The quantitative estimate of drug-likeness (QED) is 0.790. The van der Waals surface area contributed by atoms with E-state index < -0.39 is 6.10 Å². The number of aliphatic hydroxyl groups is 1. The SMILES string of the molecule is C=C[C@H]1CN(C(CC)[C@H](O)c2ccnc3ccc(OC)cc23)CCC1C. The zero-order valence-electron chi connectivity index (χ0n) is 16.1. The molecule has 4 nitrogen and oxygen atoms in total. The van der Waals surface area contributed by atoms with Crippen LogP contribution in [0.25, 0.3) is 10.9 Å². The lowest BCUT2D eigenvalue weighted by Crippen LogP contribution is -2.47. The van der Waals surface area contributed by atoms with Crippen LogP contribution < -0.4 is 4.74 Å². The number of hydrogen-bond donors (Lipinski definition) is 1. The largest absolute Gasteiger partial charge is 0.497 e. The fraction of sp³-hybridized carbons (Fsp3) is 0.500. The highest BCUT2D eigenvalue weighted by Gasteiger charge is 2.32. The molecule has 1 fully saturated rings. The van der Waals surface area contributed by atoms with Gasteiger partial charge in [-0.25, -0.2) is 0 Å². The molecule has 0 aliphatic carbocycles. The predicted octanol–water partition coefficient (Wildman–Crippen LogP) is 4.20. The monoisotopic (exact) mass is 354 g/mol. The molecule has 0 spiro atoms. The summed E-state index contributed by atoms with van der Waals surface area (Å²) in [5.41, 5.74) is 1.81. The Labute approximate surface area is 156 Å². The molecule has 1 saturated heterocycles. The Morgan fingerprint density at radius 2 is 2.23 bits per heavy atom. The highest BCUT2D eigenvalue weighted by Crippen LogP contribution is 2.34. The second-order valence-corrected chi connectivity index (χ2v) is 7.36. The maximum atomic E-state index is 11.3. The minimum atomic E-state index is -0.559. The summed E-state index contributed by atoms with van der Waals surface area (Å²) in [5.74, 6) is 1.93. The standard InChI is InChI=1S/C22H30N2O2/c1-5-16-14-24(12-10-15(16)3)21(6-2)22(25)18-9-11-23-20-8-7-17(26-4)13-19(18)20/h5,7-9,11,13,15-16,21-22,25H,1,6,10,12,14H2,2-4H3/t15?,16-,21?,22+/m0/s1. The summed E-state index contributed by atoms with van der Waals surface area (Å²) in [5, 5.41) is 12.2. The van der Waals surface area contributed by atoms with E-state index in [0.717, 1.165) is 48.1 Å². The van der Waals surface area contributed by atoms with Crippen molar-refractivity contribution in [3.05, 3.63) is 48.7 Å². The van der Waals surface area contributed by atoms with Gasteiger partial charge >= 0.3 is 0 Å². The van der Waals surface area contributed by atoms with Crippen molar-refractivity contribution < 1.29 is 9.84 Å². The predicted molar refractivity (Wildman–Crippen MR) is 106 cm³/mol. The number of nitrogens with zero attached hydrogens (tertiary/aromatic N) is 2. The van der Waals surface area contributed by atoms with E-state index in [4.69, 9.17) is 4.74 Å². The number of hydrogen-bond acceptors (Lipinski definition) is 4. The van der Waals surface area contributed by atoms with Gasteiger partial charge in [0, 0.05) is 24.2 Å². The molecule has 0 amide bonds. The first kappa shape index (κ1) is 18.9. The van der Waals surface area contributed by atoms with Gasteiger partial charge in [-0.2, -0.15) is 0 Å². The Bertz CT molecular complexity index is 761. The normalized spacial score (nSPS) is 23.5. The molecule has 1 aromatic carbocycles. The molecule has 1 aliphatic heterocycles. The van der Waals surface area contributed by atoms with E-state index in [1.54, 1.807) is 13.3 Å². The average Bonchev–Trinajstić information content (AvgIpc) is 2.68. The smallest absolute Gasteiger partial charge is 0.119 e. The number of piperidine rings is 1. The molecule has 4 heteroatoms. The molecule has 2 unspecified atom stereocenters. The van der Waals surface area contributed by atoms with Gasteiger partial charge in [0.2, 0.25) is 0 Å². The Kier molecular flexibility index (Phi) is 5.94. The number of aliphatic hydroxyl groups excluding tert-OH is 1. The van der Waals surface area contributed by atoms with Crippen molar-refractivity contribution in [2.24, 2.45) is 11.8 Å². The Morgan fingerprint density at radius 3 is 2.92 bits per heavy atom. The van der Waals surface area contributed by atoms with Gasteiger partial charge in [0.1, 0.15) is 5.75 Å². The second kappa shape index (κ2) is 8.19. The lowest BCUT2D eigenvalue weighted by molar-refractivity contribution is 0.0169. The second-order valence-electron chi connectivity index (χ2n) is 7.36. The Morgan fingerprint density at radius 1 is 1.42 bits per heavy atom. The molecular weight excluding hydrogens is 324 g/mol. The Balaban J connectivity index is 1.92. The van der Waals surface area contributed by atoms with Crippen LogP contribution in [0.3, 0.4) is 0 Å². The number of fused-ring (bicyclic) bond motifs is 1. The minimum Gasteiger partial charge on any atom is -0.497 e. The summed E-state index contributed by atoms with van der Waals surface area (Å²) < 4.78 is 5.37. The molecular formula is C22H30N2O2. The highest BCUT2D eigenvalue weighted by molar-refractivity contribution is 5.83. The molecule has 1 aromatic heterocycles. The molecule has 140 valence electrons. The lowest BCUT2D eigenvalue weighted by Gasteiger charge is -2.42. The summed E-state index contributed by atoms with van der Waals surface area (Å²) in [6.45, 7) is 10.4. The van der Waals surface area contributed by atoms with Crippen LogP contribution in [0.5, 0.6) is 5.75 Å². The van der Waals surface area contributed by atoms with Crippen molar-refractivity contribution in [2.75, 3.05) is 20.2 Å². The van der Waals surface area contributed by atoms with Crippen LogP contribution in [0.4, 0.5) is 0 Å². The van der Waals surface area contributed by atoms with Gasteiger partial charge < -0.3 is 9.84 Å². The fourth-order valence-corrected chi connectivity index (χ4v) is 4.15. The summed E-state index contributed by atoms with van der Waals surface area (Å²) in [7, 11) is 1.66. The van der Waals surface area contributed by atoms with Gasteiger partial charge in [0.15, 0.2) is 0 Å². The third-order valence-corrected chi connectivity index (χ3v) is 5.90. The van der Waals surface area contributed by atoms with Gasteiger partial charge in [0.05, 0.1) is 18.7 Å². The molecule has 2 aromatic rings. The van der Waals surface area contributed by atoms with Crippen LogP contribution in [0, 0.1) is 11.8 Å². The van der Waals surface area contributed by atoms with E-state index in [1.807, 2.05) is 24.3 Å². The average molecular weight is 354 g/mol. The maximum absolute atomic E-state index is 11.3. The highest BCUT2D eigenvalue weighted by atomic mass is 16.5. The number of likely N-dealkylation sites (tertiary alicyclic amines) is 1. The van der Waals surface area contributed by atoms with Gasteiger partial charge in [0.25, 0.3) is 0 Å². The summed E-state index contributed by atoms with van der Waals surface area (Å²) in [4.78, 5) is 6.87. The van der Waals surface area contributed by atoms with E-state index in [9.17, 15) is 5.11 Å². The van der Waals surface area contributed by atoms with Crippen LogP contribution in [-0.2, 0) is 0 Å². The minimum absolute atomic E-state index is 0.0850. The number of aromatic nitrogens is 1. The number of pyridine rings is 1. The maximum Gasteiger partial charge on any atom is 0.119 e. The number of benzene rings is 1. The van der Waals surface area contributed by atoms with Crippen LogP contribution in [0.15, 0.2) is 43.1 Å². The zero-order chi connectivity index (χ0) is 18.7. The van der Waals surface area contributed by atoms with Crippen molar-refractivity contribution in [1.82, 2.24) is 9.88 Å². The number of ether oxygens (including phenoxy) is 1. The summed E-state index contributed by atoms with van der Waals surface area (Å²) >= 11 is 0. The first-order chi connectivity index (χ1) is 12.6. The summed E-state index contributed by atoms with van der Waals surface area (Å²) in [6.07, 6.45) is 5.34. The molecule has 3 rings (SSSR count). The van der Waals surface area contributed by atoms with E-state index in [-0.39, 0.29) is 6.04 Å². The molecule has 0 radical (unpaired) electrons. The van der Waals surface area contributed by atoms with Gasteiger partial charge in [-0.1, -0.05) is 19.9 Å². The molecule has 0 bridgehead atoms. The fourth-order valence-electron chi connectivity index (χ4n) is 4.15. The molecule has 0 saturated carbocycles. The van der Waals surface area contributed by atoms with Crippen LogP contribution in [0.2, 0.25) is 0 Å². The first-order valence-corrected chi connectivity index (χ1v) is 9.56. The lowest BCUT2D eigenvalue weighted by atomic mass is 9.85. The third-order valence-electron chi connectivity index (χ3n) is 5.90. The van der Waals surface area contributed by atoms with Crippen LogP contribution >= 0.6 is 0 Å². The first-order valence-electron chi connectivity index (χ1n) is 9.56. The van der Waals surface area contributed by atoms with Crippen molar-refractivity contribution in [2.45, 2.75) is 38.8 Å². The third kappa shape index (κ3) is 3.62. The Hall–Kier alpha value is -1.91. The van der Waals surface area contributed by atoms with Crippen LogP contribution in [0.1, 0.15) is 38.4 Å². The van der Waals surface area contributed by atoms with Gasteiger partial charge in [-0.05, 0) is 61.1 Å². The van der Waals surface area contributed by atoms with Crippen molar-refractivity contribution >= 4 is 10.9 Å². The van der Waals surface area contributed by atoms with Gasteiger partial charge in [-0.15, -0.1) is 6.58 Å². The topological polar surface area (TPSA) is 45.6 Å². The molecule has 4 atom stereocenters. The van der Waals surface area contributed by atoms with Crippen molar-refractivity contribution in [3.63, 3.8) is 0 Å². The van der Waals surface area contributed by atoms with E-state index in [1.165, 1.54) is 0 Å². The van der Waals surface area contributed by atoms with Crippen LogP contribution in [-0.4, -0.2) is 41.2 Å². The molecule has 2 heterocycles. The van der Waals surface area contributed by atoms with Gasteiger partial charge in [-0.3, -0.25) is 9.88 Å². The van der Waals surface area contributed by atoms with Crippen molar-refractivity contribution in [1.29, 1.82) is 0 Å². The van der Waals surface area contributed by atoms with E-state index >= 15 is 0 Å². The summed E-state index contributed by atoms with van der Waals surface area (Å²) in [6, 6.07) is 7.85. The molecule has 1 N–H and O–H groups in total. The molecule has 26 heavy (non-hydrogen) atoms. The molecule has 1 aliphatic rings.